The maximum atomic E-state index is 13.3. The largest absolute Gasteiger partial charge is 0.463 e. The Balaban J connectivity index is 2.15. The van der Waals surface area contributed by atoms with Crippen molar-refractivity contribution in [2.45, 2.75) is 57.5 Å². The summed E-state index contributed by atoms with van der Waals surface area (Å²) in [6.07, 6.45) is 1.75. The molecule has 0 aromatic heterocycles. The summed E-state index contributed by atoms with van der Waals surface area (Å²) < 4.78 is 16.7. The monoisotopic (exact) mass is 464 g/mol. The number of ketones is 1. The van der Waals surface area contributed by atoms with Crippen molar-refractivity contribution in [3.8, 4) is 0 Å². The van der Waals surface area contributed by atoms with Gasteiger partial charge in [0, 0.05) is 0 Å². The van der Waals surface area contributed by atoms with Gasteiger partial charge >= 0.3 is 11.9 Å². The predicted molar refractivity (Wildman–Crippen MR) is 130 cm³/mol. The minimum atomic E-state index is -1.35. The molecule has 0 saturated carbocycles. The first kappa shape index (κ1) is 26.7. The maximum Gasteiger partial charge on any atom is 0.338 e. The molecule has 2 rings (SSSR count). The first-order valence-electron chi connectivity index (χ1n) is 11.3. The molecule has 2 aromatic carbocycles. The van der Waals surface area contributed by atoms with Crippen LogP contribution in [-0.2, 0) is 30.4 Å². The van der Waals surface area contributed by atoms with E-state index in [1.807, 2.05) is 30.3 Å². The molecular weight excluding hydrogens is 432 g/mol. The fourth-order valence-electron chi connectivity index (χ4n) is 3.20. The van der Waals surface area contributed by atoms with Gasteiger partial charge in [0.25, 0.3) is 0 Å². The molecule has 0 bridgehead atoms. The molecule has 6 heteroatoms. The lowest BCUT2D eigenvalue weighted by molar-refractivity contribution is -0.155. The molecule has 0 saturated heterocycles. The van der Waals surface area contributed by atoms with Gasteiger partial charge in [0.05, 0.1) is 24.7 Å². The molecule has 0 N–H and O–H groups in total. The third-order valence-corrected chi connectivity index (χ3v) is 5.03. The van der Waals surface area contributed by atoms with Crippen molar-refractivity contribution in [3.63, 3.8) is 0 Å². The van der Waals surface area contributed by atoms with Crippen LogP contribution in [0.2, 0.25) is 0 Å². The molecule has 0 spiro atoms. The van der Waals surface area contributed by atoms with Gasteiger partial charge < -0.3 is 14.2 Å². The van der Waals surface area contributed by atoms with Crippen LogP contribution >= 0.6 is 0 Å². The van der Waals surface area contributed by atoms with E-state index in [9.17, 15) is 14.4 Å². The summed E-state index contributed by atoms with van der Waals surface area (Å²) in [5, 5.41) is 0. The van der Waals surface area contributed by atoms with E-state index in [1.54, 1.807) is 49.4 Å². The number of Topliss-reactive ketones (excluding diaryl/α,β-unsaturated/α-hetero) is 1. The predicted octanol–water partition coefficient (Wildman–Crippen LogP) is 5.23. The Hall–Kier alpha value is -3.51. The summed E-state index contributed by atoms with van der Waals surface area (Å²) >= 11 is 0. The van der Waals surface area contributed by atoms with E-state index >= 15 is 0 Å². The van der Waals surface area contributed by atoms with Crippen molar-refractivity contribution in [3.05, 3.63) is 97.1 Å². The summed E-state index contributed by atoms with van der Waals surface area (Å²) in [5.74, 6) is -1.85. The second kappa shape index (κ2) is 14.6. The standard InChI is InChI=1S/C28H32O6/c1-4-6-14-21(3)33-26(29)19-25(34-28(31)23-17-11-8-12-18-23)27(30)24(13-5-2)32-20-22-15-9-7-10-16-22/h4-5,7-12,15-18,21,24-25H,1-2,6,13-14,19-20H2,3H3/t21-,24-,25+/m0/s1. The highest BCUT2D eigenvalue weighted by Gasteiger charge is 2.33. The molecule has 0 unspecified atom stereocenters. The highest BCUT2D eigenvalue weighted by molar-refractivity contribution is 5.96. The van der Waals surface area contributed by atoms with Crippen molar-refractivity contribution >= 4 is 17.7 Å². The third kappa shape index (κ3) is 9.16. The number of ether oxygens (including phenoxy) is 3. The summed E-state index contributed by atoms with van der Waals surface area (Å²) in [7, 11) is 0. The topological polar surface area (TPSA) is 78.9 Å². The van der Waals surface area contributed by atoms with Gasteiger partial charge in [0.15, 0.2) is 6.10 Å². The summed E-state index contributed by atoms with van der Waals surface area (Å²) in [4.78, 5) is 38.6. The Kier molecular flexibility index (Phi) is 11.5. The number of rotatable bonds is 15. The SMILES string of the molecule is C=CCC[C@H](C)OC(=O)C[C@@H](OC(=O)c1ccccc1)C(=O)[C@H](CC=C)OCc1ccccc1. The molecule has 3 atom stereocenters. The second-order valence-corrected chi connectivity index (χ2v) is 7.84. The van der Waals surface area contributed by atoms with Crippen molar-refractivity contribution in [2.24, 2.45) is 0 Å². The molecule has 0 aliphatic carbocycles. The van der Waals surface area contributed by atoms with Crippen LogP contribution in [0.1, 0.15) is 48.5 Å². The summed E-state index contributed by atoms with van der Waals surface area (Å²) in [6, 6.07) is 17.7. The second-order valence-electron chi connectivity index (χ2n) is 7.84. The number of benzene rings is 2. The zero-order chi connectivity index (χ0) is 24.8. The van der Waals surface area contributed by atoms with Crippen molar-refractivity contribution in [1.82, 2.24) is 0 Å². The molecule has 0 radical (unpaired) electrons. The summed E-state index contributed by atoms with van der Waals surface area (Å²) in [5.41, 5.74) is 1.16. The normalized spacial score (nSPS) is 13.2. The molecule has 0 fully saturated rings. The highest BCUT2D eigenvalue weighted by atomic mass is 16.6. The number of esters is 2. The van der Waals surface area contributed by atoms with Crippen LogP contribution in [0.4, 0.5) is 0 Å². The lowest BCUT2D eigenvalue weighted by atomic mass is 10.0. The van der Waals surface area contributed by atoms with Crippen LogP contribution in [-0.4, -0.2) is 36.0 Å². The van der Waals surface area contributed by atoms with E-state index in [0.29, 0.717) is 12.8 Å². The van der Waals surface area contributed by atoms with Gasteiger partial charge in [-0.2, -0.15) is 0 Å². The van der Waals surface area contributed by atoms with Crippen LogP contribution in [0, 0.1) is 0 Å². The fraction of sp³-hybridized carbons (Fsp3) is 0.321. The molecule has 0 aliphatic rings. The lowest BCUT2D eigenvalue weighted by Crippen LogP contribution is -2.39. The summed E-state index contributed by atoms with van der Waals surface area (Å²) in [6.45, 7) is 9.30. The van der Waals surface area contributed by atoms with Gasteiger partial charge in [0.2, 0.25) is 5.78 Å². The minimum Gasteiger partial charge on any atom is -0.463 e. The molecular formula is C28H32O6. The Labute approximate surface area is 201 Å². The first-order valence-corrected chi connectivity index (χ1v) is 11.3. The van der Waals surface area contributed by atoms with Gasteiger partial charge in [-0.1, -0.05) is 60.7 Å². The first-order chi connectivity index (χ1) is 16.4. The third-order valence-electron chi connectivity index (χ3n) is 5.03. The number of allylic oxidation sites excluding steroid dienone is 1. The Bertz CT molecular complexity index is 938. The zero-order valence-corrected chi connectivity index (χ0v) is 19.6. The molecule has 34 heavy (non-hydrogen) atoms. The van der Waals surface area contributed by atoms with Gasteiger partial charge in [-0.25, -0.2) is 4.79 Å². The number of carbonyl (C=O) groups is 3. The number of carbonyl (C=O) groups excluding carboxylic acids is 3. The van der Waals surface area contributed by atoms with Crippen molar-refractivity contribution in [1.29, 1.82) is 0 Å². The average Bonchev–Trinajstić information content (AvgIpc) is 2.85. The Morgan fingerprint density at radius 2 is 1.53 bits per heavy atom. The van der Waals surface area contributed by atoms with Gasteiger partial charge in [-0.3, -0.25) is 9.59 Å². The smallest absolute Gasteiger partial charge is 0.338 e. The average molecular weight is 465 g/mol. The maximum absolute atomic E-state index is 13.3. The Morgan fingerprint density at radius 3 is 2.15 bits per heavy atom. The number of hydrogen-bond donors (Lipinski definition) is 0. The van der Waals surface area contributed by atoms with Crippen LogP contribution in [0.3, 0.4) is 0 Å². The van der Waals surface area contributed by atoms with Gasteiger partial charge in [-0.15, -0.1) is 13.2 Å². The highest BCUT2D eigenvalue weighted by Crippen LogP contribution is 2.16. The van der Waals surface area contributed by atoms with Gasteiger partial charge in [-0.05, 0) is 43.9 Å². The van der Waals surface area contributed by atoms with Crippen LogP contribution in [0.15, 0.2) is 86.0 Å². The van der Waals surface area contributed by atoms with E-state index in [4.69, 9.17) is 14.2 Å². The van der Waals surface area contributed by atoms with Crippen LogP contribution < -0.4 is 0 Å². The molecule has 0 aliphatic heterocycles. The minimum absolute atomic E-state index is 0.188. The van der Waals surface area contributed by atoms with E-state index < -0.39 is 36.4 Å². The molecule has 2 aromatic rings. The lowest BCUT2D eigenvalue weighted by Gasteiger charge is -2.23. The van der Waals surface area contributed by atoms with Crippen molar-refractivity contribution in [2.75, 3.05) is 0 Å². The molecule has 6 nitrogen and oxygen atoms in total. The quantitative estimate of drug-likeness (QED) is 0.265. The van der Waals surface area contributed by atoms with E-state index in [-0.39, 0.29) is 24.7 Å². The Morgan fingerprint density at radius 1 is 0.882 bits per heavy atom. The van der Waals surface area contributed by atoms with E-state index in [0.717, 1.165) is 5.56 Å². The van der Waals surface area contributed by atoms with Crippen LogP contribution in [0.5, 0.6) is 0 Å². The van der Waals surface area contributed by atoms with Crippen molar-refractivity contribution < 1.29 is 28.6 Å². The van der Waals surface area contributed by atoms with E-state index in [1.165, 1.54) is 0 Å². The van der Waals surface area contributed by atoms with Gasteiger partial charge in [0.1, 0.15) is 6.10 Å². The molecule has 0 amide bonds. The molecule has 0 heterocycles. The van der Waals surface area contributed by atoms with Crippen LogP contribution in [0.25, 0.3) is 0 Å². The zero-order valence-electron chi connectivity index (χ0n) is 19.6. The molecule has 180 valence electrons. The van der Waals surface area contributed by atoms with E-state index in [2.05, 4.69) is 13.2 Å². The number of hydrogen-bond acceptors (Lipinski definition) is 6. The fourth-order valence-corrected chi connectivity index (χ4v) is 3.20.